The molecular weight excluding hydrogens is 284 g/mol. The molecule has 0 aromatic heterocycles. The molecule has 3 heteroatoms. The van der Waals surface area contributed by atoms with E-state index in [2.05, 4.69) is 62.2 Å². The van der Waals surface area contributed by atoms with Crippen LogP contribution in [-0.2, 0) is 9.61 Å². The molecule has 20 heavy (non-hydrogen) atoms. The van der Waals surface area contributed by atoms with Crippen molar-refractivity contribution in [2.75, 3.05) is 6.61 Å². The quantitative estimate of drug-likeness (QED) is 0.426. The van der Waals surface area contributed by atoms with Crippen LogP contribution in [0.3, 0.4) is 0 Å². The molecule has 3 radical (unpaired) electrons. The molecule has 1 aromatic rings. The van der Waals surface area contributed by atoms with Crippen LogP contribution in [0.2, 0.25) is 6.04 Å². The molecule has 1 aliphatic heterocycles. The number of alkyl halides is 1. The molecule has 1 unspecified atom stereocenters. The first-order chi connectivity index (χ1) is 9.14. The van der Waals surface area contributed by atoms with Crippen LogP contribution in [0.25, 0.3) is 0 Å². The highest BCUT2D eigenvalue weighted by Crippen LogP contribution is 2.31. The molecule has 1 fully saturated rings. The maximum absolute atomic E-state index is 6.27. The lowest BCUT2D eigenvalue weighted by molar-refractivity contribution is 0.488. The number of epoxide rings is 1. The summed E-state index contributed by atoms with van der Waals surface area (Å²) in [6, 6.07) is 9.04. The topological polar surface area (TPSA) is 12.5 Å². The van der Waals surface area contributed by atoms with E-state index in [1.54, 1.807) is 0 Å². The number of aryl methyl sites for hydroxylation is 1. The van der Waals surface area contributed by atoms with Gasteiger partial charge in [0.2, 0.25) is 0 Å². The highest BCUT2D eigenvalue weighted by molar-refractivity contribution is 6.28. The first kappa shape index (κ1) is 17.3. The number of rotatable bonds is 2. The summed E-state index contributed by atoms with van der Waals surface area (Å²) in [6.07, 6.45) is 2.16. The third-order valence-corrected chi connectivity index (χ3v) is 4.14. The lowest BCUT2D eigenvalue weighted by Gasteiger charge is -2.20. The van der Waals surface area contributed by atoms with Gasteiger partial charge in [0.15, 0.2) is 0 Å². The average molecular weight is 308 g/mol. The van der Waals surface area contributed by atoms with E-state index in [0.29, 0.717) is 5.41 Å². The van der Waals surface area contributed by atoms with Gasteiger partial charge in [-0.25, -0.2) is 0 Å². The normalized spacial score (nSPS) is 18.6. The Bertz CT molecular complexity index is 466. The lowest BCUT2D eigenvalue weighted by Crippen LogP contribution is -2.12. The fraction of sp³-hybridized carbons (Fsp3) is 0.529. The zero-order chi connectivity index (χ0) is 15.4. The fourth-order valence-electron chi connectivity index (χ4n) is 1.68. The van der Waals surface area contributed by atoms with Crippen molar-refractivity contribution in [1.29, 1.82) is 0 Å². The van der Waals surface area contributed by atoms with Gasteiger partial charge < -0.3 is 4.74 Å². The van der Waals surface area contributed by atoms with Gasteiger partial charge in [-0.05, 0) is 36.9 Å². The molecule has 1 aliphatic rings. The molecule has 109 valence electrons. The Morgan fingerprint density at radius 2 is 1.90 bits per heavy atom. The number of ether oxygens (including phenoxy) is 1. The van der Waals surface area contributed by atoms with Crippen LogP contribution in [0.1, 0.15) is 38.8 Å². The van der Waals surface area contributed by atoms with Crippen LogP contribution in [0.15, 0.2) is 36.1 Å². The molecule has 0 aliphatic carbocycles. The van der Waals surface area contributed by atoms with Crippen molar-refractivity contribution in [3.05, 3.63) is 47.2 Å². The number of allylic oxidation sites excluding steroid dienone is 1. The minimum atomic E-state index is -0.289. The van der Waals surface area contributed by atoms with Gasteiger partial charge in [-0.2, -0.15) is 0 Å². The molecule has 1 atom stereocenters. The molecule has 1 saturated heterocycles. The van der Waals surface area contributed by atoms with Crippen molar-refractivity contribution < 1.29 is 4.74 Å². The van der Waals surface area contributed by atoms with E-state index >= 15 is 0 Å². The van der Waals surface area contributed by atoms with Crippen LogP contribution in [0, 0.1) is 12.3 Å². The number of hydrogen-bond donors (Lipinski definition) is 0. The molecule has 1 heterocycles. The van der Waals surface area contributed by atoms with E-state index < -0.39 is 0 Å². The maximum atomic E-state index is 6.27. The Balaban J connectivity index is 0.000000217. The van der Waals surface area contributed by atoms with Gasteiger partial charge >= 0.3 is 0 Å². The Kier molecular flexibility index (Phi) is 5.90. The molecule has 0 spiro atoms. The van der Waals surface area contributed by atoms with Gasteiger partial charge in [0.1, 0.15) is 12.4 Å². The van der Waals surface area contributed by atoms with Crippen LogP contribution in [-0.4, -0.2) is 16.8 Å². The van der Waals surface area contributed by atoms with Crippen LogP contribution >= 0.6 is 11.6 Å². The van der Waals surface area contributed by atoms with Crippen molar-refractivity contribution in [3.8, 4) is 0 Å². The second-order valence-electron chi connectivity index (χ2n) is 6.51. The number of benzene rings is 1. The predicted octanol–water partition coefficient (Wildman–Crippen LogP) is 4.98. The Labute approximate surface area is 131 Å². The summed E-state index contributed by atoms with van der Waals surface area (Å²) in [5, 5.41) is 0. The molecule has 0 amide bonds. The summed E-state index contributed by atoms with van der Waals surface area (Å²) in [7, 11) is 3.45. The summed E-state index contributed by atoms with van der Waals surface area (Å²) in [5.41, 5.74) is 2.71. The molecule has 0 saturated carbocycles. The van der Waals surface area contributed by atoms with Crippen molar-refractivity contribution in [3.63, 3.8) is 0 Å². The molecular formula is C17H24ClOSi. The minimum Gasteiger partial charge on any atom is -0.487 e. The van der Waals surface area contributed by atoms with E-state index in [1.165, 1.54) is 11.1 Å². The van der Waals surface area contributed by atoms with E-state index in [-0.39, 0.29) is 4.87 Å². The molecule has 1 nitrogen and oxygen atoms in total. The Morgan fingerprint density at radius 1 is 1.30 bits per heavy atom. The summed E-state index contributed by atoms with van der Waals surface area (Å²) in [6.45, 7) is 11.4. The average Bonchev–Trinajstić information content (AvgIpc) is 3.11. The van der Waals surface area contributed by atoms with Crippen LogP contribution in [0.5, 0.6) is 0 Å². The third kappa shape index (κ3) is 6.62. The highest BCUT2D eigenvalue weighted by atomic mass is 35.5. The third-order valence-electron chi connectivity index (χ3n) is 2.86. The monoisotopic (exact) mass is 307 g/mol. The van der Waals surface area contributed by atoms with Gasteiger partial charge in [0.05, 0.1) is 4.87 Å². The van der Waals surface area contributed by atoms with E-state index in [4.69, 9.17) is 16.3 Å². The van der Waals surface area contributed by atoms with Crippen molar-refractivity contribution in [1.82, 2.24) is 0 Å². The standard InChI is InChI=1S/C10H12ClSi.C7H12O/c1-8-4-3-5-9(6-8)10(2,11)7-12;1-7(2,3)4-6-5-8-6/h3-6H,7H2,1-2H3;4H,5H2,1-3H3. The van der Waals surface area contributed by atoms with Crippen molar-refractivity contribution in [2.24, 2.45) is 5.41 Å². The van der Waals surface area contributed by atoms with Crippen molar-refractivity contribution >= 4 is 21.8 Å². The SMILES string of the molecule is CC(C)(C)C=C1CO1.Cc1cccc(C(C)(Cl)C[Si])c1. The molecule has 1 aromatic carbocycles. The smallest absolute Gasteiger partial charge is 0.145 e. The summed E-state index contributed by atoms with van der Waals surface area (Å²) in [5.74, 6) is 1.15. The second-order valence-corrected chi connectivity index (χ2v) is 7.70. The summed E-state index contributed by atoms with van der Waals surface area (Å²) < 4.78 is 4.95. The van der Waals surface area contributed by atoms with Gasteiger partial charge in [0, 0.05) is 10.2 Å². The van der Waals surface area contributed by atoms with Gasteiger partial charge in [0.25, 0.3) is 0 Å². The highest BCUT2D eigenvalue weighted by Gasteiger charge is 2.20. The predicted molar refractivity (Wildman–Crippen MR) is 88.4 cm³/mol. The summed E-state index contributed by atoms with van der Waals surface area (Å²) >= 11 is 6.27. The fourth-order valence-corrected chi connectivity index (χ4v) is 2.00. The summed E-state index contributed by atoms with van der Waals surface area (Å²) in [4.78, 5) is -0.289. The van der Waals surface area contributed by atoms with Crippen molar-refractivity contribution in [2.45, 2.75) is 45.5 Å². The van der Waals surface area contributed by atoms with E-state index in [0.717, 1.165) is 18.4 Å². The second kappa shape index (κ2) is 6.82. The van der Waals surface area contributed by atoms with E-state index in [1.807, 2.05) is 13.0 Å². The molecule has 2 rings (SSSR count). The largest absolute Gasteiger partial charge is 0.487 e. The van der Waals surface area contributed by atoms with Crippen LogP contribution in [0.4, 0.5) is 0 Å². The van der Waals surface area contributed by atoms with Gasteiger partial charge in [-0.3, -0.25) is 0 Å². The van der Waals surface area contributed by atoms with Gasteiger partial charge in [-0.15, -0.1) is 11.6 Å². The zero-order valence-corrected chi connectivity index (χ0v) is 14.8. The first-order valence-electron chi connectivity index (χ1n) is 6.89. The molecule has 0 bridgehead atoms. The minimum absolute atomic E-state index is 0.289. The lowest BCUT2D eigenvalue weighted by atomic mass is 9.96. The zero-order valence-electron chi connectivity index (χ0n) is 13.1. The Morgan fingerprint density at radius 3 is 2.25 bits per heavy atom. The van der Waals surface area contributed by atoms with E-state index in [9.17, 15) is 0 Å². The first-order valence-corrected chi connectivity index (χ1v) is 7.98. The Hall–Kier alpha value is -0.733. The van der Waals surface area contributed by atoms with Gasteiger partial charge in [-0.1, -0.05) is 50.6 Å². The molecule has 0 N–H and O–H groups in total. The number of halogens is 1. The van der Waals surface area contributed by atoms with Crippen LogP contribution < -0.4 is 0 Å². The maximum Gasteiger partial charge on any atom is 0.145 e. The number of hydrogen-bond acceptors (Lipinski definition) is 1.